The molecule has 0 saturated carbocycles. The van der Waals surface area contributed by atoms with Gasteiger partial charge in [0.1, 0.15) is 30.5 Å². The van der Waals surface area contributed by atoms with Crippen molar-refractivity contribution in [1.82, 2.24) is 10.2 Å². The number of rotatable bonds is 6. The number of sulfonamides is 1. The highest BCUT2D eigenvalue weighted by Gasteiger charge is 2.35. The summed E-state index contributed by atoms with van der Waals surface area (Å²) in [6, 6.07) is 1.75. The summed E-state index contributed by atoms with van der Waals surface area (Å²) in [6.07, 6.45) is 6.50. The van der Waals surface area contributed by atoms with Crippen LogP contribution in [0.25, 0.3) is 0 Å². The normalized spacial score (nSPS) is 23.3. The molecule has 2 atom stereocenters. The largest absolute Gasteiger partial charge is 0.493 e. The summed E-state index contributed by atoms with van der Waals surface area (Å²) in [5, 5.41) is 3.30. The molecule has 12 heteroatoms. The number of ketones is 1. The first kappa shape index (κ1) is 25.9. The van der Waals surface area contributed by atoms with Crippen LogP contribution in [0, 0.1) is 11.6 Å². The fourth-order valence-electron chi connectivity index (χ4n) is 3.88. The lowest BCUT2D eigenvalue weighted by atomic mass is 9.95. The number of anilines is 1. The molecule has 0 radical (unpaired) electrons. The SMILES string of the molecule is C/C(=C\C=C1\OCCOC1C)S(=O)(=O)Nc1ccc(F)c(C(=O)C2=CNC3C2=CC(Cl)=CN3C)c1F. The fraction of sp³-hybridized carbons (Fsp3) is 0.292. The monoisotopic (exact) mass is 539 g/mol. The molecule has 1 aromatic carbocycles. The highest BCUT2D eigenvalue weighted by atomic mass is 35.5. The minimum Gasteiger partial charge on any atom is -0.493 e. The molecule has 8 nitrogen and oxygen atoms in total. The molecule has 1 aromatic rings. The van der Waals surface area contributed by atoms with Gasteiger partial charge in [0.2, 0.25) is 5.78 Å². The van der Waals surface area contributed by atoms with Gasteiger partial charge in [-0.2, -0.15) is 0 Å². The van der Waals surface area contributed by atoms with Gasteiger partial charge in [-0.05, 0) is 44.2 Å². The van der Waals surface area contributed by atoms with E-state index in [2.05, 4.69) is 10.0 Å². The smallest absolute Gasteiger partial charge is 0.257 e. The van der Waals surface area contributed by atoms with Crippen LogP contribution in [0.15, 0.2) is 69.6 Å². The standard InChI is InChI=1S/C24H24ClF2N3O5S/c1-13(4-7-20-14(2)34-8-9-35-20)36(32,33)29-19-6-5-18(26)21(22(19)27)23(31)17-11-28-24-16(17)10-15(25)12-30(24)3/h4-7,10-12,14,24,28-29H,8-9H2,1-3H3/b13-4+,20-7+. The van der Waals surface area contributed by atoms with Gasteiger partial charge in [0, 0.05) is 30.6 Å². The number of likely N-dealkylation sites (N-methyl/N-ethyl adjacent to an activating group) is 1. The molecule has 0 aromatic heterocycles. The van der Waals surface area contributed by atoms with Crippen LogP contribution in [0.5, 0.6) is 0 Å². The van der Waals surface area contributed by atoms with Crippen molar-refractivity contribution in [2.24, 2.45) is 0 Å². The maximum atomic E-state index is 15.4. The van der Waals surface area contributed by atoms with E-state index in [-0.39, 0.29) is 16.6 Å². The van der Waals surface area contributed by atoms with E-state index in [4.69, 9.17) is 21.1 Å². The average Bonchev–Trinajstić information content (AvgIpc) is 3.24. The van der Waals surface area contributed by atoms with E-state index in [0.29, 0.717) is 29.6 Å². The third kappa shape index (κ3) is 5.04. The van der Waals surface area contributed by atoms with E-state index in [1.54, 1.807) is 25.1 Å². The number of ether oxygens (including phenoxy) is 2. The van der Waals surface area contributed by atoms with Crippen LogP contribution in [0.3, 0.4) is 0 Å². The van der Waals surface area contributed by atoms with Crippen molar-refractivity contribution in [3.05, 3.63) is 86.8 Å². The number of carbonyl (C=O) groups excluding carboxylic acids is 1. The number of carbonyl (C=O) groups is 1. The molecule has 36 heavy (non-hydrogen) atoms. The van der Waals surface area contributed by atoms with Crippen molar-refractivity contribution in [3.8, 4) is 0 Å². The summed E-state index contributed by atoms with van der Waals surface area (Å²) in [7, 11) is -2.51. The first-order chi connectivity index (χ1) is 17.0. The number of benzene rings is 1. The van der Waals surface area contributed by atoms with Crippen LogP contribution in [0.1, 0.15) is 24.2 Å². The van der Waals surface area contributed by atoms with Gasteiger partial charge < -0.3 is 19.7 Å². The minimum absolute atomic E-state index is 0.0161. The van der Waals surface area contributed by atoms with Crippen LogP contribution < -0.4 is 10.0 Å². The van der Waals surface area contributed by atoms with Crippen LogP contribution >= 0.6 is 11.6 Å². The number of Topliss-reactive ketones (excluding diaryl/α,β-unsaturated/α-hetero) is 1. The number of allylic oxidation sites excluding steroid dienone is 5. The van der Waals surface area contributed by atoms with E-state index in [1.165, 1.54) is 31.4 Å². The molecular formula is C24H24ClF2N3O5S. The second-order valence-electron chi connectivity index (χ2n) is 8.33. The van der Waals surface area contributed by atoms with E-state index >= 15 is 4.39 Å². The molecule has 4 rings (SSSR count). The summed E-state index contributed by atoms with van der Waals surface area (Å²) in [5.74, 6) is -2.96. The Kier molecular flexibility index (Phi) is 7.26. The van der Waals surface area contributed by atoms with Crippen LogP contribution in [0.2, 0.25) is 0 Å². The molecule has 2 N–H and O–H groups in total. The fourth-order valence-corrected chi connectivity index (χ4v) is 5.01. The maximum Gasteiger partial charge on any atom is 0.257 e. The predicted molar refractivity (Wildman–Crippen MR) is 131 cm³/mol. The Balaban J connectivity index is 1.61. The van der Waals surface area contributed by atoms with Gasteiger partial charge in [0.15, 0.2) is 5.82 Å². The molecule has 3 aliphatic rings. The molecule has 0 amide bonds. The second kappa shape index (κ2) is 10.1. The van der Waals surface area contributed by atoms with Crippen molar-refractivity contribution in [1.29, 1.82) is 0 Å². The lowest BCUT2D eigenvalue weighted by molar-refractivity contribution is -0.0335. The number of nitrogens with zero attached hydrogens (tertiary/aromatic N) is 1. The topological polar surface area (TPSA) is 97.0 Å². The lowest BCUT2D eigenvalue weighted by Crippen LogP contribution is -2.38. The maximum absolute atomic E-state index is 15.4. The second-order valence-corrected chi connectivity index (χ2v) is 10.6. The van der Waals surface area contributed by atoms with Crippen LogP contribution in [-0.4, -0.2) is 51.6 Å². The Morgan fingerprint density at radius 1 is 1.31 bits per heavy atom. The summed E-state index contributed by atoms with van der Waals surface area (Å²) >= 11 is 6.10. The summed E-state index contributed by atoms with van der Waals surface area (Å²) in [4.78, 5) is 14.7. The van der Waals surface area contributed by atoms with E-state index in [0.717, 1.165) is 12.1 Å². The summed E-state index contributed by atoms with van der Waals surface area (Å²) in [5.41, 5.74) is -0.998. The lowest BCUT2D eigenvalue weighted by Gasteiger charge is -2.28. The van der Waals surface area contributed by atoms with Crippen molar-refractivity contribution >= 4 is 33.1 Å². The van der Waals surface area contributed by atoms with Crippen molar-refractivity contribution in [2.75, 3.05) is 25.0 Å². The molecule has 1 fully saturated rings. The molecule has 3 heterocycles. The molecule has 0 spiro atoms. The van der Waals surface area contributed by atoms with E-state index in [1.807, 2.05) is 0 Å². The zero-order valence-electron chi connectivity index (χ0n) is 19.6. The first-order valence-electron chi connectivity index (χ1n) is 11.0. The third-order valence-electron chi connectivity index (χ3n) is 5.85. The first-order valence-corrected chi connectivity index (χ1v) is 12.8. The van der Waals surface area contributed by atoms with Crippen molar-refractivity contribution in [3.63, 3.8) is 0 Å². The van der Waals surface area contributed by atoms with Gasteiger partial charge in [-0.15, -0.1) is 0 Å². The Hall–Kier alpha value is -3.15. The highest BCUT2D eigenvalue weighted by molar-refractivity contribution is 7.96. The quantitative estimate of drug-likeness (QED) is 0.530. The van der Waals surface area contributed by atoms with Gasteiger partial charge in [0.05, 0.1) is 27.8 Å². The molecule has 0 aliphatic carbocycles. The number of hydrogen-bond acceptors (Lipinski definition) is 7. The van der Waals surface area contributed by atoms with Crippen molar-refractivity contribution < 1.29 is 31.5 Å². The number of nitrogens with one attached hydrogen (secondary N) is 2. The van der Waals surface area contributed by atoms with Gasteiger partial charge in [-0.25, -0.2) is 17.2 Å². The van der Waals surface area contributed by atoms with E-state index in [9.17, 15) is 17.6 Å². The van der Waals surface area contributed by atoms with Crippen LogP contribution in [-0.2, 0) is 19.5 Å². The number of hydrogen-bond donors (Lipinski definition) is 2. The molecular weight excluding hydrogens is 516 g/mol. The zero-order chi connectivity index (χ0) is 26.2. The van der Waals surface area contributed by atoms with Gasteiger partial charge >= 0.3 is 0 Å². The molecule has 3 aliphatic heterocycles. The van der Waals surface area contributed by atoms with E-state index < -0.39 is 44.9 Å². The van der Waals surface area contributed by atoms with Gasteiger partial charge in [0.25, 0.3) is 10.0 Å². The Labute approximate surface area is 212 Å². The zero-order valence-corrected chi connectivity index (χ0v) is 21.2. The molecule has 0 bridgehead atoms. The Morgan fingerprint density at radius 2 is 2.06 bits per heavy atom. The molecule has 2 unspecified atom stereocenters. The summed E-state index contributed by atoms with van der Waals surface area (Å²) in [6.45, 7) is 3.83. The minimum atomic E-state index is -4.24. The Bertz CT molecular complexity index is 1370. The highest BCUT2D eigenvalue weighted by Crippen LogP contribution is 2.33. The van der Waals surface area contributed by atoms with Gasteiger partial charge in [-0.1, -0.05) is 11.6 Å². The number of halogens is 3. The van der Waals surface area contributed by atoms with Crippen molar-refractivity contribution in [2.45, 2.75) is 26.1 Å². The molecule has 1 saturated heterocycles. The Morgan fingerprint density at radius 3 is 2.78 bits per heavy atom. The van der Waals surface area contributed by atoms with Crippen LogP contribution in [0.4, 0.5) is 14.5 Å². The average molecular weight is 540 g/mol. The number of fused-ring (bicyclic) bond motifs is 1. The predicted octanol–water partition coefficient (Wildman–Crippen LogP) is 3.88. The summed E-state index contributed by atoms with van der Waals surface area (Å²) < 4.78 is 68.6. The van der Waals surface area contributed by atoms with Gasteiger partial charge in [-0.3, -0.25) is 9.52 Å². The third-order valence-corrected chi connectivity index (χ3v) is 7.53. The molecule has 192 valence electrons.